The highest BCUT2D eigenvalue weighted by molar-refractivity contribution is 6.08. The number of nitrogens with zero attached hydrogens (tertiary/aromatic N) is 5. The van der Waals surface area contributed by atoms with Crippen molar-refractivity contribution in [2.45, 2.75) is 0 Å². The molecular weight excluding hydrogens is 430 g/mol. The van der Waals surface area contributed by atoms with Crippen LogP contribution >= 0.6 is 0 Å². The quantitative estimate of drug-likeness (QED) is 0.277. The normalized spacial score (nSPS) is 13.7. The average Bonchev–Trinajstić information content (AvgIpc) is 3.58. The minimum absolute atomic E-state index is 0.716. The molecule has 0 bridgehead atoms. The van der Waals surface area contributed by atoms with Crippen molar-refractivity contribution in [1.29, 1.82) is 0 Å². The maximum absolute atomic E-state index is 4.75. The largest absolute Gasteiger partial charge is 0.284 e. The molecule has 0 radical (unpaired) electrons. The predicted octanol–water partition coefficient (Wildman–Crippen LogP) is 6.76. The molecule has 0 aliphatic carbocycles. The van der Waals surface area contributed by atoms with E-state index >= 15 is 0 Å². The molecule has 0 fully saturated rings. The third-order valence-electron chi connectivity index (χ3n) is 7.12. The van der Waals surface area contributed by atoms with Crippen LogP contribution < -0.4 is 4.48 Å². The Balaban J connectivity index is 1.56. The van der Waals surface area contributed by atoms with Crippen LogP contribution in [0.1, 0.15) is 0 Å². The molecule has 0 unspecified atom stereocenters. The standard InChI is InChI=1S/C30H24N5/c1-35(2)25-16-10-9-15-24(25)27-26(35)18-17-21-19-20-33(28(21)27)30-32-31-29(22-11-5-3-6-12-22)34(30)23-13-7-4-8-14-23/h3-20H,1-2H3/q+1. The van der Waals surface area contributed by atoms with E-state index in [0.29, 0.717) is 4.48 Å². The summed E-state index contributed by atoms with van der Waals surface area (Å²) in [5.41, 5.74) is 8.33. The second kappa shape index (κ2) is 7.26. The van der Waals surface area contributed by atoms with Crippen molar-refractivity contribution in [2.24, 2.45) is 0 Å². The molecule has 0 amide bonds. The Morgan fingerprint density at radius 3 is 2.17 bits per heavy atom. The zero-order chi connectivity index (χ0) is 23.6. The number of fused-ring (bicyclic) bond motifs is 5. The fourth-order valence-corrected chi connectivity index (χ4v) is 5.44. The Hall–Kier alpha value is -4.48. The summed E-state index contributed by atoms with van der Waals surface area (Å²) in [6.07, 6.45) is 2.12. The van der Waals surface area contributed by atoms with Gasteiger partial charge in [0.25, 0.3) is 0 Å². The van der Waals surface area contributed by atoms with Gasteiger partial charge in [-0.15, -0.1) is 10.2 Å². The average molecular weight is 455 g/mol. The van der Waals surface area contributed by atoms with E-state index in [0.717, 1.165) is 28.5 Å². The number of benzene rings is 4. The number of aromatic nitrogens is 4. The summed E-state index contributed by atoms with van der Waals surface area (Å²) in [6, 6.07) is 36.0. The molecule has 0 saturated carbocycles. The predicted molar refractivity (Wildman–Crippen MR) is 142 cm³/mol. The third-order valence-corrected chi connectivity index (χ3v) is 7.12. The van der Waals surface area contributed by atoms with E-state index in [2.05, 4.69) is 113 Å². The zero-order valence-electron chi connectivity index (χ0n) is 19.6. The fraction of sp³-hybridized carbons (Fsp3) is 0.0667. The van der Waals surface area contributed by atoms with Gasteiger partial charge in [0, 0.05) is 29.3 Å². The lowest BCUT2D eigenvalue weighted by atomic mass is 10.0. The van der Waals surface area contributed by atoms with Crippen molar-refractivity contribution >= 4 is 22.3 Å². The monoisotopic (exact) mass is 454 g/mol. The Morgan fingerprint density at radius 2 is 1.37 bits per heavy atom. The molecule has 5 heteroatoms. The van der Waals surface area contributed by atoms with Gasteiger partial charge in [0.2, 0.25) is 5.95 Å². The van der Waals surface area contributed by atoms with Crippen molar-refractivity contribution in [3.05, 3.63) is 109 Å². The van der Waals surface area contributed by atoms with E-state index in [1.54, 1.807) is 0 Å². The number of hydrogen-bond donors (Lipinski definition) is 0. The summed E-state index contributed by atoms with van der Waals surface area (Å²) in [5, 5.41) is 10.6. The molecule has 1 aliphatic heterocycles. The van der Waals surface area contributed by atoms with E-state index in [-0.39, 0.29) is 0 Å². The van der Waals surface area contributed by atoms with Gasteiger partial charge in [-0.25, -0.2) is 0 Å². The van der Waals surface area contributed by atoms with Gasteiger partial charge in [0.05, 0.1) is 36.4 Å². The molecular formula is C30H24N5+. The fourth-order valence-electron chi connectivity index (χ4n) is 5.44. The summed E-state index contributed by atoms with van der Waals surface area (Å²) < 4.78 is 5.06. The third kappa shape index (κ3) is 2.79. The molecule has 6 aromatic rings. The molecule has 1 aliphatic rings. The summed E-state index contributed by atoms with van der Waals surface area (Å²) in [6.45, 7) is 0. The summed E-state index contributed by atoms with van der Waals surface area (Å²) in [7, 11) is 4.51. The number of hydrogen-bond acceptors (Lipinski definition) is 2. The van der Waals surface area contributed by atoms with Crippen LogP contribution in [-0.4, -0.2) is 33.4 Å². The highest BCUT2D eigenvalue weighted by Crippen LogP contribution is 2.53. The van der Waals surface area contributed by atoms with E-state index in [1.807, 2.05) is 24.3 Å². The zero-order valence-corrected chi connectivity index (χ0v) is 19.6. The Morgan fingerprint density at radius 1 is 0.657 bits per heavy atom. The second-order valence-electron chi connectivity index (χ2n) is 9.41. The van der Waals surface area contributed by atoms with Crippen LogP contribution in [0.3, 0.4) is 0 Å². The van der Waals surface area contributed by atoms with Gasteiger partial charge in [-0.2, -0.15) is 0 Å². The van der Waals surface area contributed by atoms with E-state index in [1.165, 1.54) is 27.9 Å². The topological polar surface area (TPSA) is 35.6 Å². The van der Waals surface area contributed by atoms with Crippen molar-refractivity contribution < 1.29 is 0 Å². The van der Waals surface area contributed by atoms with Crippen molar-refractivity contribution in [3.8, 4) is 34.2 Å². The molecule has 0 N–H and O–H groups in total. The Kier molecular flexibility index (Phi) is 4.13. The first-order valence-corrected chi connectivity index (χ1v) is 11.8. The van der Waals surface area contributed by atoms with Crippen LogP contribution in [0.2, 0.25) is 0 Å². The molecule has 4 aromatic carbocycles. The van der Waals surface area contributed by atoms with E-state index in [4.69, 9.17) is 5.10 Å². The van der Waals surface area contributed by atoms with Gasteiger partial charge in [0.1, 0.15) is 11.4 Å². The van der Waals surface area contributed by atoms with Crippen molar-refractivity contribution in [1.82, 2.24) is 23.8 Å². The smallest absolute Gasteiger partial charge is 0.240 e. The Bertz CT molecular complexity index is 1710. The number of para-hydroxylation sites is 2. The molecule has 168 valence electrons. The SMILES string of the molecule is C[N+]1(C)c2ccccc2-c2c1ccc1ccn(-c3nnc(-c4ccccc4)n3-c3ccccc3)c21. The summed E-state index contributed by atoms with van der Waals surface area (Å²) in [5.74, 6) is 1.59. The van der Waals surface area contributed by atoms with Gasteiger partial charge in [0.15, 0.2) is 5.82 Å². The van der Waals surface area contributed by atoms with Gasteiger partial charge < -0.3 is 0 Å². The van der Waals surface area contributed by atoms with Crippen molar-refractivity contribution in [2.75, 3.05) is 14.1 Å². The first-order chi connectivity index (χ1) is 17.1. The van der Waals surface area contributed by atoms with E-state index in [9.17, 15) is 0 Å². The van der Waals surface area contributed by atoms with Gasteiger partial charge in [-0.1, -0.05) is 60.7 Å². The maximum Gasteiger partial charge on any atom is 0.240 e. The maximum atomic E-state index is 4.75. The molecule has 7 rings (SSSR count). The lowest BCUT2D eigenvalue weighted by Gasteiger charge is -2.24. The highest BCUT2D eigenvalue weighted by Gasteiger charge is 2.39. The lowest BCUT2D eigenvalue weighted by Crippen LogP contribution is -2.31. The lowest BCUT2D eigenvalue weighted by molar-refractivity contribution is 0.568. The van der Waals surface area contributed by atoms with Crippen LogP contribution in [0.5, 0.6) is 0 Å². The molecule has 0 saturated heterocycles. The molecule has 35 heavy (non-hydrogen) atoms. The molecule has 5 nitrogen and oxygen atoms in total. The number of quaternary nitrogens is 1. The van der Waals surface area contributed by atoms with Crippen molar-refractivity contribution in [3.63, 3.8) is 0 Å². The molecule has 3 heterocycles. The second-order valence-corrected chi connectivity index (χ2v) is 9.41. The first kappa shape index (κ1) is 19.9. The van der Waals surface area contributed by atoms with Gasteiger partial charge in [-0.05, 0) is 30.3 Å². The summed E-state index contributed by atoms with van der Waals surface area (Å²) >= 11 is 0. The van der Waals surface area contributed by atoms with E-state index < -0.39 is 0 Å². The molecule has 0 atom stereocenters. The first-order valence-electron chi connectivity index (χ1n) is 11.8. The minimum atomic E-state index is 0.716. The van der Waals surface area contributed by atoms with Gasteiger partial charge >= 0.3 is 0 Å². The Labute approximate surface area is 203 Å². The van der Waals surface area contributed by atoms with Gasteiger partial charge in [-0.3, -0.25) is 13.6 Å². The summed E-state index contributed by atoms with van der Waals surface area (Å²) in [4.78, 5) is 0. The molecule has 0 spiro atoms. The van der Waals surface area contributed by atoms with Crippen LogP contribution in [0, 0.1) is 0 Å². The van der Waals surface area contributed by atoms with Crippen LogP contribution in [0.15, 0.2) is 109 Å². The van der Waals surface area contributed by atoms with Crippen LogP contribution in [-0.2, 0) is 0 Å². The molecule has 2 aromatic heterocycles. The van der Waals surface area contributed by atoms with Crippen LogP contribution in [0.25, 0.3) is 45.1 Å². The highest BCUT2D eigenvalue weighted by atomic mass is 15.4. The van der Waals surface area contributed by atoms with Crippen LogP contribution in [0.4, 0.5) is 11.4 Å². The number of rotatable bonds is 3. The minimum Gasteiger partial charge on any atom is -0.284 e.